The van der Waals surface area contributed by atoms with E-state index in [4.69, 9.17) is 11.6 Å². The number of nitrogens with one attached hydrogen (secondary N) is 1. The molecule has 1 N–H and O–H groups in total. The molecule has 2 fully saturated rings. The van der Waals surface area contributed by atoms with Crippen molar-refractivity contribution < 1.29 is 9.59 Å². The molecule has 4 nitrogen and oxygen atoms in total. The van der Waals surface area contributed by atoms with E-state index in [9.17, 15) is 9.59 Å². The van der Waals surface area contributed by atoms with Gasteiger partial charge in [0.2, 0.25) is 11.8 Å². The molecule has 28 heavy (non-hydrogen) atoms. The van der Waals surface area contributed by atoms with Crippen LogP contribution in [0.2, 0.25) is 5.02 Å². The lowest BCUT2D eigenvalue weighted by Gasteiger charge is -2.33. The van der Waals surface area contributed by atoms with E-state index in [1.807, 2.05) is 47.4 Å². The Kier molecular flexibility index (Phi) is 5.40. The summed E-state index contributed by atoms with van der Waals surface area (Å²) in [5.74, 6) is 0.0802. The van der Waals surface area contributed by atoms with Crippen LogP contribution in [0.25, 0.3) is 0 Å². The van der Waals surface area contributed by atoms with E-state index < -0.39 is 0 Å². The molecule has 1 aliphatic heterocycles. The van der Waals surface area contributed by atoms with Crippen molar-refractivity contribution in [2.75, 3.05) is 13.1 Å². The summed E-state index contributed by atoms with van der Waals surface area (Å²) in [6.07, 6.45) is 3.80. The van der Waals surface area contributed by atoms with Crippen LogP contribution in [0.5, 0.6) is 0 Å². The maximum Gasteiger partial charge on any atom is 0.225 e. The minimum Gasteiger partial charge on any atom is -0.346 e. The Labute approximate surface area is 170 Å². The number of hydrogen-bond donors (Lipinski definition) is 1. The third-order valence-electron chi connectivity index (χ3n) is 5.89. The molecule has 2 amide bonds. The van der Waals surface area contributed by atoms with E-state index >= 15 is 0 Å². The van der Waals surface area contributed by atoms with Gasteiger partial charge in [0.1, 0.15) is 0 Å². The average Bonchev–Trinajstić information content (AvgIpc) is 3.50. The van der Waals surface area contributed by atoms with E-state index in [1.165, 1.54) is 5.56 Å². The summed E-state index contributed by atoms with van der Waals surface area (Å²) in [5.41, 5.74) is 2.12. The Morgan fingerprint density at radius 1 is 1.11 bits per heavy atom. The van der Waals surface area contributed by atoms with Gasteiger partial charge < -0.3 is 10.2 Å². The summed E-state index contributed by atoms with van der Waals surface area (Å²) in [4.78, 5) is 27.1. The van der Waals surface area contributed by atoms with Gasteiger partial charge in [-0.25, -0.2) is 0 Å². The zero-order valence-corrected chi connectivity index (χ0v) is 16.6. The van der Waals surface area contributed by atoms with E-state index in [-0.39, 0.29) is 23.3 Å². The van der Waals surface area contributed by atoms with Crippen molar-refractivity contribution in [3.05, 3.63) is 70.7 Å². The predicted octanol–water partition coefficient (Wildman–Crippen LogP) is 3.93. The van der Waals surface area contributed by atoms with Crippen molar-refractivity contribution in [1.82, 2.24) is 10.2 Å². The van der Waals surface area contributed by atoms with Gasteiger partial charge in [0.05, 0.1) is 11.5 Å². The largest absolute Gasteiger partial charge is 0.346 e. The van der Waals surface area contributed by atoms with Crippen LogP contribution >= 0.6 is 11.6 Å². The zero-order valence-electron chi connectivity index (χ0n) is 15.9. The molecule has 0 radical (unpaired) electrons. The molecule has 2 aromatic carbocycles. The second-order valence-electron chi connectivity index (χ2n) is 7.89. The maximum absolute atomic E-state index is 12.9. The Bertz CT molecular complexity index is 847. The number of hydrogen-bond acceptors (Lipinski definition) is 2. The SMILES string of the molecule is O=C(NC1(c2ccccc2)CC1)[C@H]1CCC(=O)N(CCc2ccc(Cl)cc2)C1. The van der Waals surface area contributed by atoms with Gasteiger partial charge in [0.25, 0.3) is 0 Å². The number of carbonyl (C=O) groups excluding carboxylic acids is 2. The lowest BCUT2D eigenvalue weighted by Crippen LogP contribution is -2.48. The number of amides is 2. The number of rotatable bonds is 6. The highest BCUT2D eigenvalue weighted by Gasteiger charge is 2.46. The van der Waals surface area contributed by atoms with Gasteiger partial charge >= 0.3 is 0 Å². The van der Waals surface area contributed by atoms with Crippen molar-refractivity contribution in [2.45, 2.75) is 37.6 Å². The number of carbonyl (C=O) groups is 2. The van der Waals surface area contributed by atoms with Gasteiger partial charge in [-0.1, -0.05) is 54.1 Å². The average molecular weight is 397 g/mol. The molecule has 1 aliphatic carbocycles. The molecule has 2 aliphatic rings. The number of benzene rings is 2. The highest BCUT2D eigenvalue weighted by Crippen LogP contribution is 2.45. The quantitative estimate of drug-likeness (QED) is 0.804. The molecule has 146 valence electrons. The first-order chi connectivity index (χ1) is 13.6. The van der Waals surface area contributed by atoms with E-state index in [1.54, 1.807) is 0 Å². The highest BCUT2D eigenvalue weighted by molar-refractivity contribution is 6.30. The Morgan fingerprint density at radius 3 is 2.50 bits per heavy atom. The van der Waals surface area contributed by atoms with Crippen LogP contribution in [-0.2, 0) is 21.5 Å². The highest BCUT2D eigenvalue weighted by atomic mass is 35.5. The van der Waals surface area contributed by atoms with E-state index in [0.29, 0.717) is 31.0 Å². The molecule has 0 unspecified atom stereocenters. The van der Waals surface area contributed by atoms with Gasteiger partial charge in [-0.05, 0) is 48.9 Å². The lowest BCUT2D eigenvalue weighted by molar-refractivity contribution is -0.138. The van der Waals surface area contributed by atoms with Crippen LogP contribution in [0, 0.1) is 5.92 Å². The van der Waals surface area contributed by atoms with E-state index in [2.05, 4.69) is 17.4 Å². The van der Waals surface area contributed by atoms with Crippen LogP contribution < -0.4 is 5.32 Å². The molecule has 0 aromatic heterocycles. The molecule has 1 atom stereocenters. The summed E-state index contributed by atoms with van der Waals surface area (Å²) < 4.78 is 0. The smallest absolute Gasteiger partial charge is 0.225 e. The van der Waals surface area contributed by atoms with Gasteiger partial charge in [0, 0.05) is 24.5 Å². The summed E-state index contributed by atoms with van der Waals surface area (Å²) in [5, 5.41) is 3.99. The molecule has 2 aromatic rings. The van der Waals surface area contributed by atoms with E-state index in [0.717, 1.165) is 24.8 Å². The monoisotopic (exact) mass is 396 g/mol. The van der Waals surface area contributed by atoms with Gasteiger partial charge in [0.15, 0.2) is 0 Å². The van der Waals surface area contributed by atoms with Gasteiger partial charge in [-0.3, -0.25) is 9.59 Å². The predicted molar refractivity (Wildman–Crippen MR) is 110 cm³/mol. The van der Waals surface area contributed by atoms with Gasteiger partial charge in [-0.15, -0.1) is 0 Å². The van der Waals surface area contributed by atoms with Crippen LogP contribution in [0.1, 0.15) is 36.8 Å². The first-order valence-corrected chi connectivity index (χ1v) is 10.3. The summed E-state index contributed by atoms with van der Waals surface area (Å²) in [6.45, 7) is 1.14. The molecular weight excluding hydrogens is 372 g/mol. The molecule has 5 heteroatoms. The first kappa shape index (κ1) is 19.0. The fourth-order valence-electron chi connectivity index (χ4n) is 3.97. The summed E-state index contributed by atoms with van der Waals surface area (Å²) in [6, 6.07) is 17.9. The third kappa shape index (κ3) is 4.22. The zero-order chi connectivity index (χ0) is 19.6. The topological polar surface area (TPSA) is 49.4 Å². The number of piperidine rings is 1. The van der Waals surface area contributed by atoms with Crippen molar-refractivity contribution >= 4 is 23.4 Å². The minimum atomic E-state index is -0.200. The fraction of sp³-hybridized carbons (Fsp3) is 0.391. The second kappa shape index (κ2) is 7.96. The van der Waals surface area contributed by atoms with Crippen LogP contribution in [0.3, 0.4) is 0 Å². The van der Waals surface area contributed by atoms with Crippen molar-refractivity contribution in [2.24, 2.45) is 5.92 Å². The summed E-state index contributed by atoms with van der Waals surface area (Å²) >= 11 is 5.93. The first-order valence-electron chi connectivity index (χ1n) is 9.95. The van der Waals surface area contributed by atoms with Crippen molar-refractivity contribution in [1.29, 1.82) is 0 Å². The summed E-state index contributed by atoms with van der Waals surface area (Å²) in [7, 11) is 0. The van der Waals surface area contributed by atoms with Crippen LogP contribution in [0.15, 0.2) is 54.6 Å². The van der Waals surface area contributed by atoms with Gasteiger partial charge in [-0.2, -0.15) is 0 Å². The standard InChI is InChI=1S/C23H25ClN2O2/c24-20-9-6-17(7-10-20)12-15-26-16-18(8-11-21(26)27)22(28)25-23(13-14-23)19-4-2-1-3-5-19/h1-7,9-10,18H,8,11-16H2,(H,25,28)/t18-/m0/s1. The second-order valence-corrected chi connectivity index (χ2v) is 8.33. The minimum absolute atomic E-state index is 0.0744. The fourth-order valence-corrected chi connectivity index (χ4v) is 4.09. The Morgan fingerprint density at radius 2 is 1.82 bits per heavy atom. The number of halogens is 1. The molecule has 0 bridgehead atoms. The third-order valence-corrected chi connectivity index (χ3v) is 6.15. The van der Waals surface area contributed by atoms with Crippen LogP contribution in [0.4, 0.5) is 0 Å². The maximum atomic E-state index is 12.9. The van der Waals surface area contributed by atoms with Crippen molar-refractivity contribution in [3.8, 4) is 0 Å². The number of nitrogens with zero attached hydrogens (tertiary/aromatic N) is 1. The Balaban J connectivity index is 1.35. The molecule has 0 spiro atoms. The molecule has 1 heterocycles. The normalized spacial score (nSPS) is 20.7. The van der Waals surface area contributed by atoms with Crippen LogP contribution in [-0.4, -0.2) is 29.8 Å². The molecule has 1 saturated carbocycles. The number of likely N-dealkylation sites (tertiary alicyclic amines) is 1. The molecule has 4 rings (SSSR count). The lowest BCUT2D eigenvalue weighted by atomic mass is 9.95. The molecule has 1 saturated heterocycles. The van der Waals surface area contributed by atoms with Crippen molar-refractivity contribution in [3.63, 3.8) is 0 Å². The molecular formula is C23H25ClN2O2. The Hall–Kier alpha value is -2.33.